The molecule has 0 saturated heterocycles. The van der Waals surface area contributed by atoms with Crippen molar-refractivity contribution < 1.29 is 8.96 Å². The van der Waals surface area contributed by atoms with Crippen LogP contribution in [0.3, 0.4) is 0 Å². The van der Waals surface area contributed by atoms with Crippen molar-refractivity contribution in [3.63, 3.8) is 0 Å². The van der Waals surface area contributed by atoms with Crippen LogP contribution in [0.25, 0.3) is 27.4 Å². The van der Waals surface area contributed by atoms with Crippen LogP contribution in [0.2, 0.25) is 0 Å². The van der Waals surface area contributed by atoms with Gasteiger partial charge in [-0.15, -0.1) is 0 Å². The highest BCUT2D eigenvalue weighted by atomic mass is 19.1. The Bertz CT molecular complexity index is 1140. The molecule has 0 radical (unpaired) electrons. The van der Waals surface area contributed by atoms with Gasteiger partial charge < -0.3 is 0 Å². The first-order chi connectivity index (χ1) is 12.0. The average Bonchev–Trinajstić information content (AvgIpc) is 2.58. The van der Waals surface area contributed by atoms with Crippen molar-refractivity contribution in [2.24, 2.45) is 0 Å². The molecule has 1 heterocycles. The van der Waals surface area contributed by atoms with Crippen LogP contribution in [0.4, 0.5) is 4.39 Å². The number of pyridine rings is 1. The SMILES string of the molecule is Cc1cc(C)c(C)c(-[n+]2c(C)ccc3c4cccc(F)c4ccc32)c1. The molecule has 1 nitrogen and oxygen atoms in total. The Hall–Kier alpha value is -2.74. The van der Waals surface area contributed by atoms with E-state index in [1.807, 2.05) is 18.2 Å². The van der Waals surface area contributed by atoms with Gasteiger partial charge >= 0.3 is 0 Å². The van der Waals surface area contributed by atoms with E-state index >= 15 is 0 Å². The third kappa shape index (κ3) is 2.41. The van der Waals surface area contributed by atoms with Crippen molar-refractivity contribution >= 4 is 21.7 Å². The summed E-state index contributed by atoms with van der Waals surface area (Å²) in [7, 11) is 0. The second-order valence-corrected chi connectivity index (χ2v) is 6.87. The van der Waals surface area contributed by atoms with E-state index in [1.54, 1.807) is 6.07 Å². The topological polar surface area (TPSA) is 3.88 Å². The summed E-state index contributed by atoms with van der Waals surface area (Å²) in [6.45, 7) is 8.56. The second kappa shape index (κ2) is 5.66. The lowest BCUT2D eigenvalue weighted by Crippen LogP contribution is -2.36. The first-order valence-electron chi connectivity index (χ1n) is 8.58. The Morgan fingerprint density at radius 2 is 1.52 bits per heavy atom. The van der Waals surface area contributed by atoms with E-state index in [9.17, 15) is 4.39 Å². The van der Waals surface area contributed by atoms with Gasteiger partial charge in [0.25, 0.3) is 0 Å². The van der Waals surface area contributed by atoms with E-state index in [1.165, 1.54) is 28.4 Å². The number of benzene rings is 3. The Balaban J connectivity index is 2.17. The lowest BCUT2D eigenvalue weighted by Gasteiger charge is -2.11. The molecule has 0 bridgehead atoms. The molecule has 0 aliphatic carbocycles. The molecule has 0 aliphatic heterocycles. The first-order valence-corrected chi connectivity index (χ1v) is 8.58. The van der Waals surface area contributed by atoms with Gasteiger partial charge in [-0.2, -0.15) is 4.57 Å². The zero-order valence-corrected chi connectivity index (χ0v) is 15.0. The quantitative estimate of drug-likeness (QED) is 0.314. The van der Waals surface area contributed by atoms with Crippen molar-refractivity contribution in [3.05, 3.63) is 82.8 Å². The molecule has 25 heavy (non-hydrogen) atoms. The number of aryl methyl sites for hydroxylation is 3. The highest BCUT2D eigenvalue weighted by molar-refractivity contribution is 6.05. The first kappa shape index (κ1) is 15.8. The Kier molecular flexibility index (Phi) is 3.57. The summed E-state index contributed by atoms with van der Waals surface area (Å²) < 4.78 is 16.5. The molecule has 0 amide bonds. The summed E-state index contributed by atoms with van der Waals surface area (Å²) in [5, 5.41) is 2.69. The van der Waals surface area contributed by atoms with Crippen LogP contribution in [0.15, 0.2) is 54.6 Å². The molecule has 1 aromatic heterocycles. The highest BCUT2D eigenvalue weighted by Crippen LogP contribution is 2.27. The minimum Gasteiger partial charge on any atom is -0.206 e. The molecule has 4 rings (SSSR count). The lowest BCUT2D eigenvalue weighted by atomic mass is 10.0. The van der Waals surface area contributed by atoms with Crippen LogP contribution in [-0.2, 0) is 0 Å². The molecule has 0 spiro atoms. The maximum absolute atomic E-state index is 14.2. The molecule has 0 aliphatic rings. The van der Waals surface area contributed by atoms with E-state index in [4.69, 9.17) is 0 Å². The Morgan fingerprint density at radius 1 is 0.760 bits per heavy atom. The van der Waals surface area contributed by atoms with Gasteiger partial charge in [-0.05, 0) is 55.5 Å². The van der Waals surface area contributed by atoms with Gasteiger partial charge in [0.1, 0.15) is 5.82 Å². The van der Waals surface area contributed by atoms with Crippen molar-refractivity contribution in [1.82, 2.24) is 0 Å². The highest BCUT2D eigenvalue weighted by Gasteiger charge is 2.21. The van der Waals surface area contributed by atoms with Crippen LogP contribution in [0.1, 0.15) is 22.4 Å². The fourth-order valence-electron chi connectivity index (χ4n) is 3.74. The summed E-state index contributed by atoms with van der Waals surface area (Å²) in [6.07, 6.45) is 0. The molecular formula is C23H21FN+. The third-order valence-electron chi connectivity index (χ3n) is 5.14. The van der Waals surface area contributed by atoms with Gasteiger partial charge in [0.05, 0.1) is 5.39 Å². The van der Waals surface area contributed by atoms with Gasteiger partial charge in [-0.3, -0.25) is 0 Å². The molecule has 4 aromatic rings. The number of hydrogen-bond donors (Lipinski definition) is 0. The number of nitrogens with zero attached hydrogens (tertiary/aromatic N) is 1. The van der Waals surface area contributed by atoms with Gasteiger partial charge in [-0.25, -0.2) is 4.39 Å². The fourth-order valence-corrected chi connectivity index (χ4v) is 3.74. The van der Waals surface area contributed by atoms with Gasteiger partial charge in [-0.1, -0.05) is 18.2 Å². The van der Waals surface area contributed by atoms with Crippen LogP contribution in [-0.4, -0.2) is 0 Å². The number of rotatable bonds is 1. The predicted octanol–water partition coefficient (Wildman–Crippen LogP) is 5.64. The largest absolute Gasteiger partial charge is 0.219 e. The van der Waals surface area contributed by atoms with Gasteiger partial charge in [0.2, 0.25) is 11.2 Å². The summed E-state index contributed by atoms with van der Waals surface area (Å²) in [6, 6.07) is 17.9. The number of fused-ring (bicyclic) bond motifs is 3. The van der Waals surface area contributed by atoms with Crippen molar-refractivity contribution in [2.75, 3.05) is 0 Å². The summed E-state index contributed by atoms with van der Waals surface area (Å²) >= 11 is 0. The second-order valence-electron chi connectivity index (χ2n) is 6.87. The monoisotopic (exact) mass is 330 g/mol. The van der Waals surface area contributed by atoms with Crippen molar-refractivity contribution in [3.8, 4) is 5.69 Å². The van der Waals surface area contributed by atoms with Crippen molar-refractivity contribution in [2.45, 2.75) is 27.7 Å². The average molecular weight is 330 g/mol. The maximum atomic E-state index is 14.2. The molecule has 0 fully saturated rings. The third-order valence-corrected chi connectivity index (χ3v) is 5.14. The summed E-state index contributed by atoms with van der Waals surface area (Å²) in [4.78, 5) is 0. The minimum atomic E-state index is -0.172. The van der Waals surface area contributed by atoms with Crippen LogP contribution in [0.5, 0.6) is 0 Å². The van der Waals surface area contributed by atoms with Crippen LogP contribution in [0, 0.1) is 33.5 Å². The minimum absolute atomic E-state index is 0.172. The molecule has 124 valence electrons. The summed E-state index contributed by atoms with van der Waals surface area (Å²) in [5.74, 6) is -0.172. The van der Waals surface area contributed by atoms with E-state index in [-0.39, 0.29) is 5.82 Å². The van der Waals surface area contributed by atoms with E-state index in [0.717, 1.165) is 22.0 Å². The van der Waals surface area contributed by atoms with Gasteiger partial charge in [0.15, 0.2) is 5.69 Å². The van der Waals surface area contributed by atoms with E-state index in [0.29, 0.717) is 5.39 Å². The number of hydrogen-bond acceptors (Lipinski definition) is 0. The molecule has 0 saturated carbocycles. The van der Waals surface area contributed by atoms with E-state index in [2.05, 4.69) is 56.5 Å². The predicted molar refractivity (Wildman–Crippen MR) is 102 cm³/mol. The van der Waals surface area contributed by atoms with E-state index < -0.39 is 0 Å². The van der Waals surface area contributed by atoms with Gasteiger partial charge in [0, 0.05) is 36.1 Å². The van der Waals surface area contributed by atoms with Crippen LogP contribution >= 0.6 is 0 Å². The molecule has 2 heteroatoms. The Labute approximate surface area is 147 Å². The summed E-state index contributed by atoms with van der Waals surface area (Å²) in [5.41, 5.74) is 7.25. The maximum Gasteiger partial charge on any atom is 0.219 e. The molecule has 3 aromatic carbocycles. The molecule has 0 atom stereocenters. The van der Waals surface area contributed by atoms with Crippen LogP contribution < -0.4 is 4.57 Å². The number of aromatic nitrogens is 1. The molecule has 0 N–H and O–H groups in total. The normalized spacial score (nSPS) is 11.4. The lowest BCUT2D eigenvalue weighted by molar-refractivity contribution is -0.574. The number of halogens is 1. The molecular weight excluding hydrogens is 309 g/mol. The zero-order valence-electron chi connectivity index (χ0n) is 15.0. The molecule has 0 unspecified atom stereocenters. The zero-order chi connectivity index (χ0) is 17.7. The Morgan fingerprint density at radius 3 is 2.32 bits per heavy atom. The smallest absolute Gasteiger partial charge is 0.206 e. The fraction of sp³-hybridized carbons (Fsp3) is 0.174. The van der Waals surface area contributed by atoms with Crippen molar-refractivity contribution in [1.29, 1.82) is 0 Å². The standard InChI is InChI=1S/C23H21FN/c1-14-12-15(2)17(4)23(13-14)25-16(3)8-9-20-18-6-5-7-21(24)19(18)10-11-22(20)25/h5-13H,1-4H3/q+1.